The second-order valence-electron chi connectivity index (χ2n) is 4.71. The van der Waals surface area contributed by atoms with Crippen molar-refractivity contribution in [3.8, 4) is 5.75 Å². The fraction of sp³-hybridized carbons (Fsp3) is 0.235. The number of carbonyl (C=O) groups excluding carboxylic acids is 1. The molecule has 0 aliphatic heterocycles. The quantitative estimate of drug-likeness (QED) is 0.806. The van der Waals surface area contributed by atoms with Crippen LogP contribution in [0, 0.1) is 0 Å². The van der Waals surface area contributed by atoms with Gasteiger partial charge >= 0.3 is 0 Å². The predicted octanol–water partition coefficient (Wildman–Crippen LogP) is 3.81. The number of alkyl halides is 1. The number of rotatable bonds is 6. The van der Waals surface area contributed by atoms with E-state index < -0.39 is 0 Å². The molecule has 0 heterocycles. The number of amides is 1. The SMILES string of the molecule is COc1ccc(CC(=O)Nc2ccc(CCBr)cc2)cc1. The molecule has 0 fully saturated rings. The normalized spacial score (nSPS) is 10.2. The van der Waals surface area contributed by atoms with Crippen molar-refractivity contribution in [3.63, 3.8) is 0 Å². The molecular weight excluding hydrogens is 330 g/mol. The molecule has 0 radical (unpaired) electrons. The molecule has 2 aromatic rings. The summed E-state index contributed by atoms with van der Waals surface area (Å²) in [5.41, 5.74) is 3.04. The average Bonchev–Trinajstić information content (AvgIpc) is 2.50. The lowest BCUT2D eigenvalue weighted by molar-refractivity contribution is -0.115. The van der Waals surface area contributed by atoms with Gasteiger partial charge in [-0.05, 0) is 41.8 Å². The highest BCUT2D eigenvalue weighted by Crippen LogP contribution is 2.14. The van der Waals surface area contributed by atoms with Gasteiger partial charge in [0.2, 0.25) is 5.91 Å². The fourth-order valence-electron chi connectivity index (χ4n) is 2.00. The highest BCUT2D eigenvalue weighted by molar-refractivity contribution is 9.09. The van der Waals surface area contributed by atoms with Crippen LogP contribution in [-0.4, -0.2) is 18.3 Å². The molecule has 1 amide bonds. The van der Waals surface area contributed by atoms with Gasteiger partial charge in [0.15, 0.2) is 0 Å². The van der Waals surface area contributed by atoms with Crippen LogP contribution < -0.4 is 10.1 Å². The summed E-state index contributed by atoms with van der Waals surface area (Å²) in [6.07, 6.45) is 1.34. The molecule has 0 unspecified atom stereocenters. The van der Waals surface area contributed by atoms with E-state index in [0.29, 0.717) is 6.42 Å². The lowest BCUT2D eigenvalue weighted by Crippen LogP contribution is -2.14. The second-order valence-corrected chi connectivity index (χ2v) is 5.50. The Morgan fingerprint density at radius 1 is 1.05 bits per heavy atom. The zero-order chi connectivity index (χ0) is 15.1. The highest BCUT2D eigenvalue weighted by atomic mass is 79.9. The van der Waals surface area contributed by atoms with E-state index in [1.54, 1.807) is 7.11 Å². The Hall–Kier alpha value is -1.81. The van der Waals surface area contributed by atoms with E-state index in [2.05, 4.69) is 21.2 Å². The number of nitrogens with one attached hydrogen (secondary N) is 1. The van der Waals surface area contributed by atoms with E-state index in [0.717, 1.165) is 28.8 Å². The average molecular weight is 348 g/mol. The van der Waals surface area contributed by atoms with Gasteiger partial charge in [0.25, 0.3) is 0 Å². The van der Waals surface area contributed by atoms with Gasteiger partial charge in [0.1, 0.15) is 5.75 Å². The van der Waals surface area contributed by atoms with Crippen LogP contribution in [0.3, 0.4) is 0 Å². The minimum absolute atomic E-state index is 0.0200. The molecular formula is C17H18BrNO2. The molecule has 0 aliphatic carbocycles. The maximum absolute atomic E-state index is 12.0. The Labute approximate surface area is 133 Å². The van der Waals surface area contributed by atoms with Crippen LogP contribution >= 0.6 is 15.9 Å². The lowest BCUT2D eigenvalue weighted by atomic mass is 10.1. The van der Waals surface area contributed by atoms with Gasteiger partial charge in [-0.1, -0.05) is 40.2 Å². The van der Waals surface area contributed by atoms with Gasteiger partial charge in [-0.2, -0.15) is 0 Å². The summed E-state index contributed by atoms with van der Waals surface area (Å²) < 4.78 is 5.10. The van der Waals surface area contributed by atoms with Crippen molar-refractivity contribution in [2.24, 2.45) is 0 Å². The first-order chi connectivity index (χ1) is 10.2. The van der Waals surface area contributed by atoms with Crippen LogP contribution in [0.2, 0.25) is 0 Å². The number of halogens is 1. The molecule has 0 atom stereocenters. The van der Waals surface area contributed by atoms with E-state index in [-0.39, 0.29) is 5.91 Å². The summed E-state index contributed by atoms with van der Waals surface area (Å²) in [7, 11) is 1.63. The van der Waals surface area contributed by atoms with Crippen molar-refractivity contribution in [1.29, 1.82) is 0 Å². The first-order valence-corrected chi connectivity index (χ1v) is 7.91. The second kappa shape index (κ2) is 7.84. The number of hydrogen-bond acceptors (Lipinski definition) is 2. The van der Waals surface area contributed by atoms with Crippen molar-refractivity contribution < 1.29 is 9.53 Å². The number of anilines is 1. The van der Waals surface area contributed by atoms with Crippen molar-refractivity contribution in [2.45, 2.75) is 12.8 Å². The number of aryl methyl sites for hydroxylation is 1. The molecule has 0 spiro atoms. The minimum atomic E-state index is -0.0200. The Morgan fingerprint density at radius 2 is 1.67 bits per heavy atom. The number of ether oxygens (including phenoxy) is 1. The van der Waals surface area contributed by atoms with Crippen LogP contribution in [0.25, 0.3) is 0 Å². The van der Waals surface area contributed by atoms with Gasteiger partial charge in [0, 0.05) is 11.0 Å². The van der Waals surface area contributed by atoms with E-state index in [1.807, 2.05) is 48.5 Å². The first kappa shape index (κ1) is 15.6. The predicted molar refractivity (Wildman–Crippen MR) is 89.3 cm³/mol. The van der Waals surface area contributed by atoms with E-state index in [4.69, 9.17) is 4.74 Å². The first-order valence-electron chi connectivity index (χ1n) is 6.79. The maximum Gasteiger partial charge on any atom is 0.228 e. The van der Waals surface area contributed by atoms with Gasteiger partial charge in [-0.25, -0.2) is 0 Å². The van der Waals surface area contributed by atoms with Gasteiger partial charge in [-0.15, -0.1) is 0 Å². The van der Waals surface area contributed by atoms with Crippen molar-refractivity contribution in [1.82, 2.24) is 0 Å². The standard InChI is InChI=1S/C17H18BrNO2/c1-21-16-8-4-14(5-9-16)12-17(20)19-15-6-2-13(3-7-15)10-11-18/h2-9H,10-12H2,1H3,(H,19,20). The van der Waals surface area contributed by atoms with Crippen LogP contribution in [0.1, 0.15) is 11.1 Å². The molecule has 2 aromatic carbocycles. The van der Waals surface area contributed by atoms with E-state index >= 15 is 0 Å². The number of benzene rings is 2. The number of carbonyl (C=O) groups is 1. The summed E-state index contributed by atoms with van der Waals surface area (Å²) in [5, 5.41) is 3.85. The van der Waals surface area contributed by atoms with Crippen molar-refractivity contribution in [2.75, 3.05) is 17.8 Å². The molecule has 1 N–H and O–H groups in total. The molecule has 0 bridgehead atoms. The fourth-order valence-corrected chi connectivity index (χ4v) is 2.46. The monoisotopic (exact) mass is 347 g/mol. The van der Waals surface area contributed by atoms with Gasteiger partial charge in [0.05, 0.1) is 13.5 Å². The van der Waals surface area contributed by atoms with Crippen LogP contribution in [-0.2, 0) is 17.6 Å². The lowest BCUT2D eigenvalue weighted by Gasteiger charge is -2.07. The highest BCUT2D eigenvalue weighted by Gasteiger charge is 2.04. The molecule has 2 rings (SSSR count). The molecule has 21 heavy (non-hydrogen) atoms. The topological polar surface area (TPSA) is 38.3 Å². The summed E-state index contributed by atoms with van der Waals surface area (Å²) >= 11 is 3.41. The minimum Gasteiger partial charge on any atom is -0.497 e. The molecule has 0 aliphatic rings. The summed E-state index contributed by atoms with van der Waals surface area (Å²) in [5.74, 6) is 0.773. The van der Waals surface area contributed by atoms with Gasteiger partial charge < -0.3 is 10.1 Å². The molecule has 0 aromatic heterocycles. The Bertz CT molecular complexity index is 579. The molecule has 0 saturated carbocycles. The maximum atomic E-state index is 12.0. The molecule has 110 valence electrons. The van der Waals surface area contributed by atoms with Crippen LogP contribution in [0.15, 0.2) is 48.5 Å². The third kappa shape index (κ3) is 4.90. The smallest absolute Gasteiger partial charge is 0.228 e. The Morgan fingerprint density at radius 3 is 2.24 bits per heavy atom. The van der Waals surface area contributed by atoms with Crippen molar-refractivity contribution in [3.05, 3.63) is 59.7 Å². The third-order valence-corrected chi connectivity index (χ3v) is 3.54. The third-order valence-electron chi connectivity index (χ3n) is 3.14. The van der Waals surface area contributed by atoms with Crippen molar-refractivity contribution >= 4 is 27.5 Å². The van der Waals surface area contributed by atoms with Crippen LogP contribution in [0.5, 0.6) is 5.75 Å². The summed E-state index contributed by atoms with van der Waals surface area (Å²) in [4.78, 5) is 12.0. The van der Waals surface area contributed by atoms with Gasteiger partial charge in [-0.3, -0.25) is 4.79 Å². The molecule has 4 heteroatoms. The van der Waals surface area contributed by atoms with E-state index in [1.165, 1.54) is 5.56 Å². The summed E-state index contributed by atoms with van der Waals surface area (Å²) in [6.45, 7) is 0. The molecule has 3 nitrogen and oxygen atoms in total. The zero-order valence-electron chi connectivity index (χ0n) is 11.9. The number of hydrogen-bond donors (Lipinski definition) is 1. The Balaban J connectivity index is 1.91. The molecule has 0 saturated heterocycles. The summed E-state index contributed by atoms with van der Waals surface area (Å²) in [6, 6.07) is 15.5. The number of methoxy groups -OCH3 is 1. The van der Waals surface area contributed by atoms with Crippen LogP contribution in [0.4, 0.5) is 5.69 Å². The Kier molecular flexibility index (Phi) is 5.81. The zero-order valence-corrected chi connectivity index (χ0v) is 13.5. The van der Waals surface area contributed by atoms with E-state index in [9.17, 15) is 4.79 Å². The largest absolute Gasteiger partial charge is 0.497 e.